The molecule has 0 radical (unpaired) electrons. The van der Waals surface area contributed by atoms with Gasteiger partial charge in [0, 0.05) is 28.4 Å². The molecule has 0 spiro atoms. The highest BCUT2D eigenvalue weighted by Gasteiger charge is 2.16. The molecule has 3 aromatic rings. The highest BCUT2D eigenvalue weighted by atomic mass is 16.5. The fourth-order valence-corrected chi connectivity index (χ4v) is 2.56. The van der Waals surface area contributed by atoms with E-state index in [1.165, 1.54) is 0 Å². The minimum absolute atomic E-state index is 0.00931. The van der Waals surface area contributed by atoms with Crippen molar-refractivity contribution >= 4 is 34.1 Å². The summed E-state index contributed by atoms with van der Waals surface area (Å²) in [5.41, 5.74) is 2.69. The van der Waals surface area contributed by atoms with E-state index in [1.54, 1.807) is 24.3 Å². The number of hydrogen-bond donors (Lipinski definition) is 3. The summed E-state index contributed by atoms with van der Waals surface area (Å²) in [5.74, 6) is 0.173. The van der Waals surface area contributed by atoms with Crippen LogP contribution >= 0.6 is 0 Å². The molecule has 3 N–H and O–H groups in total. The maximum atomic E-state index is 12.4. The van der Waals surface area contributed by atoms with Crippen LogP contribution in [0.1, 0.15) is 10.4 Å². The van der Waals surface area contributed by atoms with Crippen molar-refractivity contribution in [2.24, 2.45) is 0 Å². The van der Waals surface area contributed by atoms with Gasteiger partial charge >= 0.3 is 0 Å². The van der Waals surface area contributed by atoms with Crippen LogP contribution in [-0.2, 0) is 4.79 Å². The van der Waals surface area contributed by atoms with Gasteiger partial charge in [-0.25, -0.2) is 0 Å². The molecule has 2 amide bonds. The molecule has 0 saturated carbocycles. The first kappa shape index (κ1) is 13.4. The van der Waals surface area contributed by atoms with Gasteiger partial charge in [-0.2, -0.15) is 0 Å². The van der Waals surface area contributed by atoms with Gasteiger partial charge in [0.15, 0.2) is 6.61 Å². The van der Waals surface area contributed by atoms with Crippen LogP contribution in [0.3, 0.4) is 0 Å². The Kier molecular flexibility index (Phi) is 3.01. The molecule has 0 atom stereocenters. The van der Waals surface area contributed by atoms with Crippen LogP contribution in [0.25, 0.3) is 10.9 Å². The van der Waals surface area contributed by atoms with Crippen LogP contribution in [0.4, 0.5) is 11.4 Å². The standard InChI is InChI=1S/C17H13N3O3/c21-16-9-23-15-4-2-12(8-14(15)20-16)19-17(22)11-1-3-13-10(7-11)5-6-18-13/h1-8,18H,9H2,(H,19,22)(H,20,21). The zero-order chi connectivity index (χ0) is 15.8. The summed E-state index contributed by atoms with van der Waals surface area (Å²) >= 11 is 0. The molecule has 0 unspecified atom stereocenters. The van der Waals surface area contributed by atoms with Gasteiger partial charge in [-0.05, 0) is 42.5 Å². The minimum Gasteiger partial charge on any atom is -0.482 e. The van der Waals surface area contributed by atoms with E-state index in [2.05, 4.69) is 15.6 Å². The van der Waals surface area contributed by atoms with Crippen molar-refractivity contribution in [1.29, 1.82) is 0 Å². The highest BCUT2D eigenvalue weighted by molar-refractivity contribution is 6.07. The van der Waals surface area contributed by atoms with Crippen LogP contribution in [0, 0.1) is 0 Å². The molecular formula is C17H13N3O3. The smallest absolute Gasteiger partial charge is 0.262 e. The second-order valence-corrected chi connectivity index (χ2v) is 5.28. The van der Waals surface area contributed by atoms with Crippen LogP contribution in [0.2, 0.25) is 0 Å². The molecule has 1 aliphatic heterocycles. The topological polar surface area (TPSA) is 83.2 Å². The van der Waals surface area contributed by atoms with Crippen molar-refractivity contribution in [2.75, 3.05) is 17.2 Å². The van der Waals surface area contributed by atoms with E-state index in [0.29, 0.717) is 22.7 Å². The number of nitrogens with one attached hydrogen (secondary N) is 3. The number of carbonyl (C=O) groups is 2. The molecule has 1 aromatic heterocycles. The van der Waals surface area contributed by atoms with Crippen molar-refractivity contribution < 1.29 is 14.3 Å². The predicted molar refractivity (Wildman–Crippen MR) is 86.8 cm³/mol. The summed E-state index contributed by atoms with van der Waals surface area (Å²) in [4.78, 5) is 26.8. The number of hydrogen-bond acceptors (Lipinski definition) is 3. The normalized spacial score (nSPS) is 13.1. The Balaban J connectivity index is 1.58. The summed E-state index contributed by atoms with van der Waals surface area (Å²) in [5, 5.41) is 6.51. The third-order valence-corrected chi connectivity index (χ3v) is 3.69. The number of anilines is 2. The number of ether oxygens (including phenoxy) is 1. The van der Waals surface area contributed by atoms with Crippen LogP contribution in [-0.4, -0.2) is 23.4 Å². The Morgan fingerprint density at radius 2 is 2.04 bits per heavy atom. The van der Waals surface area contributed by atoms with E-state index in [-0.39, 0.29) is 18.4 Å². The number of carbonyl (C=O) groups excluding carboxylic acids is 2. The lowest BCUT2D eigenvalue weighted by molar-refractivity contribution is -0.118. The van der Waals surface area contributed by atoms with Gasteiger partial charge in [0.05, 0.1) is 5.69 Å². The number of aromatic nitrogens is 1. The van der Waals surface area contributed by atoms with Crippen molar-refractivity contribution in [3.05, 3.63) is 54.2 Å². The fourth-order valence-electron chi connectivity index (χ4n) is 2.56. The summed E-state index contributed by atoms with van der Waals surface area (Å²) in [7, 11) is 0. The average molecular weight is 307 g/mol. The van der Waals surface area contributed by atoms with Crippen molar-refractivity contribution in [3.63, 3.8) is 0 Å². The SMILES string of the molecule is O=C1COc2ccc(NC(=O)c3ccc4[nH]ccc4c3)cc2N1. The fraction of sp³-hybridized carbons (Fsp3) is 0.0588. The Morgan fingerprint density at radius 1 is 1.13 bits per heavy atom. The van der Waals surface area contributed by atoms with E-state index in [9.17, 15) is 9.59 Å². The second kappa shape index (κ2) is 5.17. The van der Waals surface area contributed by atoms with Crippen LogP contribution in [0.5, 0.6) is 5.75 Å². The van der Waals surface area contributed by atoms with Gasteiger partial charge in [-0.3, -0.25) is 9.59 Å². The lowest BCUT2D eigenvalue weighted by atomic mass is 10.1. The quantitative estimate of drug-likeness (QED) is 0.680. The number of aromatic amines is 1. The molecule has 2 aromatic carbocycles. The molecule has 0 fully saturated rings. The van der Waals surface area contributed by atoms with Crippen LogP contribution in [0.15, 0.2) is 48.7 Å². The number of rotatable bonds is 2. The molecule has 0 bridgehead atoms. The van der Waals surface area contributed by atoms with Gasteiger partial charge < -0.3 is 20.4 Å². The number of H-pyrrole nitrogens is 1. The molecule has 0 aliphatic carbocycles. The summed E-state index contributed by atoms with van der Waals surface area (Å²) in [6.45, 7) is 0.00931. The molecule has 0 saturated heterocycles. The largest absolute Gasteiger partial charge is 0.482 e. The van der Waals surface area contributed by atoms with Gasteiger partial charge in [0.2, 0.25) is 0 Å². The first-order chi connectivity index (χ1) is 11.2. The van der Waals surface area contributed by atoms with Gasteiger partial charge in [0.1, 0.15) is 5.75 Å². The Morgan fingerprint density at radius 3 is 2.96 bits per heavy atom. The van der Waals surface area contributed by atoms with E-state index in [0.717, 1.165) is 10.9 Å². The van der Waals surface area contributed by atoms with Crippen molar-refractivity contribution in [1.82, 2.24) is 4.98 Å². The zero-order valence-corrected chi connectivity index (χ0v) is 12.1. The van der Waals surface area contributed by atoms with Crippen molar-refractivity contribution in [2.45, 2.75) is 0 Å². The second-order valence-electron chi connectivity index (χ2n) is 5.28. The summed E-state index contributed by atoms with van der Waals surface area (Å²) < 4.78 is 5.29. The monoisotopic (exact) mass is 307 g/mol. The molecule has 6 heteroatoms. The molecule has 114 valence electrons. The number of amides is 2. The predicted octanol–water partition coefficient (Wildman–Crippen LogP) is 2.75. The van der Waals surface area contributed by atoms with E-state index < -0.39 is 0 Å². The molecular weight excluding hydrogens is 294 g/mol. The average Bonchev–Trinajstić information content (AvgIpc) is 3.02. The molecule has 23 heavy (non-hydrogen) atoms. The van der Waals surface area contributed by atoms with Gasteiger partial charge in [0.25, 0.3) is 11.8 Å². The molecule has 4 rings (SSSR count). The van der Waals surface area contributed by atoms with E-state index in [4.69, 9.17) is 4.74 Å². The van der Waals surface area contributed by atoms with Gasteiger partial charge in [-0.15, -0.1) is 0 Å². The Bertz CT molecular complexity index is 930. The number of fused-ring (bicyclic) bond motifs is 2. The van der Waals surface area contributed by atoms with Gasteiger partial charge in [-0.1, -0.05) is 0 Å². The number of benzene rings is 2. The van der Waals surface area contributed by atoms with E-state index >= 15 is 0 Å². The summed E-state index contributed by atoms with van der Waals surface area (Å²) in [6.07, 6.45) is 1.83. The Hall–Kier alpha value is -3.28. The first-order valence-electron chi connectivity index (χ1n) is 7.14. The lowest BCUT2D eigenvalue weighted by Crippen LogP contribution is -2.25. The third-order valence-electron chi connectivity index (χ3n) is 3.69. The molecule has 1 aliphatic rings. The first-order valence-corrected chi connectivity index (χ1v) is 7.14. The molecule has 6 nitrogen and oxygen atoms in total. The summed E-state index contributed by atoms with van der Waals surface area (Å²) in [6, 6.07) is 12.5. The minimum atomic E-state index is -0.212. The zero-order valence-electron chi connectivity index (χ0n) is 12.1. The highest BCUT2D eigenvalue weighted by Crippen LogP contribution is 2.30. The maximum Gasteiger partial charge on any atom is 0.262 e. The Labute approximate surface area is 131 Å². The lowest BCUT2D eigenvalue weighted by Gasteiger charge is -2.18. The van der Waals surface area contributed by atoms with Crippen molar-refractivity contribution in [3.8, 4) is 5.75 Å². The van der Waals surface area contributed by atoms with E-state index in [1.807, 2.05) is 24.4 Å². The van der Waals surface area contributed by atoms with Crippen LogP contribution < -0.4 is 15.4 Å². The third kappa shape index (κ3) is 2.50. The molecule has 2 heterocycles. The maximum absolute atomic E-state index is 12.4.